The van der Waals surface area contributed by atoms with E-state index in [1.54, 1.807) is 0 Å². The topological polar surface area (TPSA) is 55.6 Å². The van der Waals surface area contributed by atoms with Crippen molar-refractivity contribution < 1.29 is 9.53 Å². The molecule has 2 fully saturated rings. The Hall–Kier alpha value is -0.320. The molecule has 3 atom stereocenters. The number of halogens is 1. The summed E-state index contributed by atoms with van der Waals surface area (Å²) >= 11 is 0. The van der Waals surface area contributed by atoms with E-state index in [-0.39, 0.29) is 42.5 Å². The van der Waals surface area contributed by atoms with Gasteiger partial charge in [-0.2, -0.15) is 0 Å². The molecule has 1 heterocycles. The summed E-state index contributed by atoms with van der Waals surface area (Å²) in [7, 11) is 0. The summed E-state index contributed by atoms with van der Waals surface area (Å²) in [5.74, 6) is 0.713. The van der Waals surface area contributed by atoms with Gasteiger partial charge in [-0.1, -0.05) is 33.6 Å². The number of piperidine rings is 1. The molecule has 1 aliphatic carbocycles. The Morgan fingerprint density at radius 1 is 1.29 bits per heavy atom. The number of amides is 1. The van der Waals surface area contributed by atoms with E-state index in [1.165, 1.54) is 19.3 Å². The molecule has 0 aromatic carbocycles. The maximum absolute atomic E-state index is 12.3. The number of carbonyl (C=O) groups is 1. The lowest BCUT2D eigenvalue weighted by molar-refractivity contribution is -0.143. The summed E-state index contributed by atoms with van der Waals surface area (Å²) < 4.78 is 5.88. The number of nitrogens with zero attached hydrogens (tertiary/aromatic N) is 1. The molecular formula is C16H31ClN2O2. The molecule has 4 nitrogen and oxygen atoms in total. The van der Waals surface area contributed by atoms with Crippen LogP contribution in [0.1, 0.15) is 52.9 Å². The van der Waals surface area contributed by atoms with Gasteiger partial charge in [0.15, 0.2) is 0 Å². The minimum atomic E-state index is 0. The van der Waals surface area contributed by atoms with Crippen LogP contribution in [0, 0.1) is 11.3 Å². The highest BCUT2D eigenvalue weighted by Gasteiger charge is 2.35. The normalized spacial score (nSPS) is 32.4. The predicted octanol–water partition coefficient (Wildman–Crippen LogP) is 2.59. The number of likely N-dealkylation sites (tertiary alicyclic amines) is 1. The number of hydrogen-bond acceptors (Lipinski definition) is 3. The van der Waals surface area contributed by atoms with Crippen molar-refractivity contribution in [3.05, 3.63) is 0 Å². The zero-order valence-electron chi connectivity index (χ0n) is 13.6. The van der Waals surface area contributed by atoms with E-state index in [2.05, 4.69) is 20.8 Å². The van der Waals surface area contributed by atoms with Crippen molar-refractivity contribution >= 4 is 18.3 Å². The lowest BCUT2D eigenvalue weighted by Gasteiger charge is -2.42. The molecule has 2 aliphatic rings. The van der Waals surface area contributed by atoms with E-state index in [1.807, 2.05) is 4.90 Å². The Labute approximate surface area is 135 Å². The average Bonchev–Trinajstić information content (AvgIpc) is 2.40. The van der Waals surface area contributed by atoms with Crippen molar-refractivity contribution in [2.75, 3.05) is 19.7 Å². The summed E-state index contributed by atoms with van der Waals surface area (Å²) in [5, 5.41) is 0. The van der Waals surface area contributed by atoms with Crippen LogP contribution in [0.5, 0.6) is 0 Å². The first kappa shape index (κ1) is 18.7. The highest BCUT2D eigenvalue weighted by atomic mass is 35.5. The number of carbonyl (C=O) groups excluding carboxylic acids is 1. The van der Waals surface area contributed by atoms with Crippen LogP contribution in [0.15, 0.2) is 0 Å². The third kappa shape index (κ3) is 4.83. The van der Waals surface area contributed by atoms with Gasteiger partial charge in [0.1, 0.15) is 6.61 Å². The van der Waals surface area contributed by atoms with E-state index in [4.69, 9.17) is 10.5 Å². The van der Waals surface area contributed by atoms with Crippen LogP contribution in [-0.4, -0.2) is 42.6 Å². The van der Waals surface area contributed by atoms with E-state index >= 15 is 0 Å². The summed E-state index contributed by atoms with van der Waals surface area (Å²) in [6, 6.07) is 0.186. The van der Waals surface area contributed by atoms with Crippen LogP contribution in [0.2, 0.25) is 0 Å². The largest absolute Gasteiger partial charge is 0.368 e. The summed E-state index contributed by atoms with van der Waals surface area (Å²) in [6.07, 6.45) is 6.02. The maximum Gasteiger partial charge on any atom is 0.248 e. The first-order chi connectivity index (χ1) is 9.40. The van der Waals surface area contributed by atoms with Crippen LogP contribution in [0.4, 0.5) is 0 Å². The molecule has 2 rings (SSSR count). The molecule has 0 bridgehead atoms. The molecule has 124 valence electrons. The minimum absolute atomic E-state index is 0. The molecule has 1 saturated carbocycles. The third-order valence-corrected chi connectivity index (χ3v) is 5.12. The van der Waals surface area contributed by atoms with Crippen molar-refractivity contribution in [1.29, 1.82) is 0 Å². The molecule has 1 aliphatic heterocycles. The van der Waals surface area contributed by atoms with Crippen molar-refractivity contribution in [3.63, 3.8) is 0 Å². The van der Waals surface area contributed by atoms with Gasteiger partial charge in [0, 0.05) is 19.1 Å². The smallest absolute Gasteiger partial charge is 0.248 e. The van der Waals surface area contributed by atoms with Gasteiger partial charge >= 0.3 is 0 Å². The second-order valence-corrected chi connectivity index (χ2v) is 7.31. The van der Waals surface area contributed by atoms with Crippen molar-refractivity contribution in [3.8, 4) is 0 Å². The first-order valence-corrected chi connectivity index (χ1v) is 8.05. The predicted molar refractivity (Wildman–Crippen MR) is 87.6 cm³/mol. The molecule has 0 spiro atoms. The Bertz CT molecular complexity index is 349. The highest BCUT2D eigenvalue weighted by Crippen LogP contribution is 2.29. The fourth-order valence-corrected chi connectivity index (χ4v) is 3.39. The second kappa shape index (κ2) is 7.80. The fraction of sp³-hybridized carbons (Fsp3) is 0.938. The van der Waals surface area contributed by atoms with Crippen molar-refractivity contribution in [1.82, 2.24) is 4.90 Å². The molecule has 1 saturated heterocycles. The summed E-state index contributed by atoms with van der Waals surface area (Å²) in [4.78, 5) is 14.2. The maximum atomic E-state index is 12.3. The zero-order valence-corrected chi connectivity index (χ0v) is 14.5. The Morgan fingerprint density at radius 3 is 2.57 bits per heavy atom. The molecule has 0 radical (unpaired) electrons. The van der Waals surface area contributed by atoms with Crippen LogP contribution in [0.25, 0.3) is 0 Å². The third-order valence-electron chi connectivity index (χ3n) is 5.12. The van der Waals surface area contributed by atoms with E-state index in [0.717, 1.165) is 25.9 Å². The number of ether oxygens (including phenoxy) is 1. The van der Waals surface area contributed by atoms with Crippen molar-refractivity contribution in [2.45, 2.75) is 65.0 Å². The molecule has 3 unspecified atom stereocenters. The van der Waals surface area contributed by atoms with Gasteiger partial charge in [-0.25, -0.2) is 0 Å². The summed E-state index contributed by atoms with van der Waals surface area (Å²) in [5.41, 5.74) is 6.12. The van der Waals surface area contributed by atoms with Gasteiger partial charge in [0.2, 0.25) is 5.91 Å². The molecule has 2 N–H and O–H groups in total. The monoisotopic (exact) mass is 318 g/mol. The second-order valence-electron chi connectivity index (χ2n) is 7.31. The van der Waals surface area contributed by atoms with Crippen LogP contribution >= 0.6 is 12.4 Å². The van der Waals surface area contributed by atoms with E-state index in [0.29, 0.717) is 5.92 Å². The first-order valence-electron chi connectivity index (χ1n) is 8.05. The molecule has 0 aromatic rings. The quantitative estimate of drug-likeness (QED) is 0.870. The molecule has 21 heavy (non-hydrogen) atoms. The lowest BCUT2D eigenvalue weighted by atomic mass is 9.80. The molecule has 0 aromatic heterocycles. The number of hydrogen-bond donors (Lipinski definition) is 1. The Morgan fingerprint density at radius 2 is 1.95 bits per heavy atom. The van der Waals surface area contributed by atoms with Gasteiger partial charge in [-0.15, -0.1) is 12.4 Å². The van der Waals surface area contributed by atoms with Gasteiger partial charge in [-0.05, 0) is 30.6 Å². The van der Waals surface area contributed by atoms with Gasteiger partial charge in [0.05, 0.1) is 6.10 Å². The van der Waals surface area contributed by atoms with Crippen molar-refractivity contribution in [2.24, 2.45) is 17.1 Å². The molecular weight excluding hydrogens is 288 g/mol. The molecule has 1 amide bonds. The van der Waals surface area contributed by atoms with Crippen LogP contribution in [-0.2, 0) is 9.53 Å². The lowest BCUT2D eigenvalue weighted by Crippen LogP contribution is -2.54. The minimum Gasteiger partial charge on any atom is -0.368 e. The van der Waals surface area contributed by atoms with E-state index < -0.39 is 0 Å². The standard InChI is InChI=1S/C16H30N2O2.ClH/c1-12-6-4-5-7-13(12)20-10-15(19)18-9-8-14(17)16(2,3)11-18;/h12-14H,4-11,17H2,1-3H3;1H. The fourth-order valence-electron chi connectivity index (χ4n) is 3.39. The Balaban J connectivity index is 0.00000220. The van der Waals surface area contributed by atoms with Crippen LogP contribution < -0.4 is 5.73 Å². The summed E-state index contributed by atoms with van der Waals surface area (Å²) in [6.45, 7) is 8.27. The SMILES string of the molecule is CC1CCCCC1OCC(=O)N1CCC(N)C(C)(C)C1.Cl. The average molecular weight is 319 g/mol. The molecule has 5 heteroatoms. The van der Waals surface area contributed by atoms with Crippen LogP contribution in [0.3, 0.4) is 0 Å². The zero-order chi connectivity index (χ0) is 14.8. The number of rotatable bonds is 3. The Kier molecular flexibility index (Phi) is 6.95. The highest BCUT2D eigenvalue weighted by molar-refractivity contribution is 5.85. The van der Waals surface area contributed by atoms with E-state index in [9.17, 15) is 4.79 Å². The number of nitrogens with two attached hydrogens (primary N) is 1. The van der Waals surface area contributed by atoms with Gasteiger partial charge in [-0.3, -0.25) is 4.79 Å². The van der Waals surface area contributed by atoms with Gasteiger partial charge in [0.25, 0.3) is 0 Å². The van der Waals surface area contributed by atoms with Gasteiger partial charge < -0.3 is 15.4 Å².